The largest absolute Gasteiger partial charge is 0.406 e. The molecule has 0 saturated heterocycles. The van der Waals surface area contributed by atoms with E-state index in [0.717, 1.165) is 6.42 Å². The lowest BCUT2D eigenvalue weighted by molar-refractivity contribution is 0.191. The van der Waals surface area contributed by atoms with Gasteiger partial charge in [0.1, 0.15) is 7.85 Å². The highest BCUT2D eigenvalue weighted by Crippen LogP contribution is 2.24. The molecule has 0 aromatic carbocycles. The van der Waals surface area contributed by atoms with E-state index in [0.29, 0.717) is 0 Å². The van der Waals surface area contributed by atoms with Gasteiger partial charge in [0.15, 0.2) is 0 Å². The van der Waals surface area contributed by atoms with E-state index in [1.165, 1.54) is 0 Å². The highest BCUT2D eigenvalue weighted by molar-refractivity contribution is 6.08. The first kappa shape index (κ1) is 9.11. The van der Waals surface area contributed by atoms with Gasteiger partial charge in [-0.2, -0.15) is 0 Å². The van der Waals surface area contributed by atoms with Crippen LogP contribution >= 0.6 is 0 Å². The minimum absolute atomic E-state index is 0.0100. The van der Waals surface area contributed by atoms with Crippen molar-refractivity contribution in [2.45, 2.75) is 13.3 Å². The topological polar surface area (TPSA) is 21.6 Å². The Morgan fingerprint density at radius 2 is 2.50 bits per heavy atom. The third-order valence-corrected chi connectivity index (χ3v) is 1.78. The van der Waals surface area contributed by atoms with Crippen LogP contribution in [0.5, 0.6) is 0 Å². The summed E-state index contributed by atoms with van der Waals surface area (Å²) >= 11 is 0. The highest BCUT2D eigenvalue weighted by atomic mass is 16.6. The first-order valence-electron chi connectivity index (χ1n) is 3.98. The summed E-state index contributed by atoms with van der Waals surface area (Å²) in [5.74, 6) is 0. The number of nitrogens with zero attached hydrogens (tertiary/aromatic N) is 1. The van der Waals surface area contributed by atoms with Crippen LogP contribution in [0.1, 0.15) is 13.3 Å². The molecule has 2 nitrogen and oxygen atoms in total. The molecule has 0 heterocycles. The Labute approximate surface area is 74.4 Å². The number of hydrogen-bond donors (Lipinski definition) is 0. The molecule has 0 saturated carbocycles. The lowest BCUT2D eigenvalue weighted by atomic mass is 9.85. The zero-order chi connectivity index (χ0) is 8.86. The molecule has 0 N–H and O–H groups in total. The minimum atomic E-state index is -0.0100. The van der Waals surface area contributed by atoms with Gasteiger partial charge in [-0.3, -0.25) is 0 Å². The van der Waals surface area contributed by atoms with E-state index in [2.05, 4.69) is 24.2 Å². The van der Waals surface area contributed by atoms with Gasteiger partial charge in [0.25, 0.3) is 0 Å². The molecule has 0 aromatic heterocycles. The summed E-state index contributed by atoms with van der Waals surface area (Å²) in [4.78, 5) is 4.69. The van der Waals surface area contributed by atoms with Gasteiger partial charge in [0.2, 0.25) is 0 Å². The lowest BCUT2D eigenvalue weighted by Gasteiger charge is -2.20. The molecule has 0 spiro atoms. The highest BCUT2D eigenvalue weighted by Gasteiger charge is 2.17. The van der Waals surface area contributed by atoms with Crippen molar-refractivity contribution in [2.75, 3.05) is 6.51 Å². The Kier molecular flexibility index (Phi) is 3.14. The van der Waals surface area contributed by atoms with E-state index in [1.807, 2.05) is 12.2 Å². The summed E-state index contributed by atoms with van der Waals surface area (Å²) in [6.45, 7) is 2.22. The Bertz CT molecular complexity index is 223. The van der Waals surface area contributed by atoms with E-state index in [-0.39, 0.29) is 11.9 Å². The fraction of sp³-hybridized carbons (Fsp3) is 0.444. The summed E-state index contributed by atoms with van der Waals surface area (Å²) in [6, 6.07) is 0. The predicted octanol–water partition coefficient (Wildman–Crippen LogP) is 1.64. The molecule has 0 aliphatic heterocycles. The average Bonchev–Trinajstić information content (AvgIpc) is 2.06. The fourth-order valence-corrected chi connectivity index (χ4v) is 1.04. The van der Waals surface area contributed by atoms with E-state index >= 15 is 0 Å². The summed E-state index contributed by atoms with van der Waals surface area (Å²) in [5.41, 5.74) is -0.0100. The van der Waals surface area contributed by atoms with Gasteiger partial charge < -0.3 is 4.84 Å². The summed E-state index contributed by atoms with van der Waals surface area (Å²) in [6.07, 6.45) is 11.0. The smallest absolute Gasteiger partial charge is 0.125 e. The maximum absolute atomic E-state index is 5.12. The molecule has 12 heavy (non-hydrogen) atoms. The number of hydrogen-bond acceptors (Lipinski definition) is 2. The van der Waals surface area contributed by atoms with Crippen LogP contribution in [0.4, 0.5) is 0 Å². The van der Waals surface area contributed by atoms with Crippen molar-refractivity contribution in [1.29, 1.82) is 0 Å². The maximum atomic E-state index is 5.12. The molecule has 2 radical (unpaired) electrons. The van der Waals surface area contributed by atoms with Gasteiger partial charge in [0.05, 0.1) is 12.7 Å². The predicted molar refractivity (Wildman–Crippen MR) is 51.2 cm³/mol. The lowest BCUT2D eigenvalue weighted by Crippen LogP contribution is -2.15. The quantitative estimate of drug-likeness (QED) is 0.350. The maximum Gasteiger partial charge on any atom is 0.125 e. The van der Waals surface area contributed by atoms with E-state index < -0.39 is 0 Å². The van der Waals surface area contributed by atoms with Crippen molar-refractivity contribution in [3.05, 3.63) is 24.3 Å². The second kappa shape index (κ2) is 4.14. The average molecular weight is 161 g/mol. The van der Waals surface area contributed by atoms with Gasteiger partial charge in [-0.05, 0) is 6.42 Å². The monoisotopic (exact) mass is 161 g/mol. The molecule has 1 rings (SSSR count). The van der Waals surface area contributed by atoms with Crippen molar-refractivity contribution in [1.82, 2.24) is 0 Å². The molecule has 62 valence electrons. The van der Waals surface area contributed by atoms with Crippen molar-refractivity contribution in [3.8, 4) is 0 Å². The van der Waals surface area contributed by atoms with Crippen molar-refractivity contribution < 1.29 is 4.84 Å². The molecule has 1 aliphatic carbocycles. The molecule has 3 heteroatoms. The Hall–Kier alpha value is -0.985. The number of oxime groups is 1. The zero-order valence-corrected chi connectivity index (χ0v) is 7.23. The Morgan fingerprint density at radius 1 is 1.67 bits per heavy atom. The Morgan fingerprint density at radius 3 is 3.08 bits per heavy atom. The van der Waals surface area contributed by atoms with Gasteiger partial charge in [-0.25, -0.2) is 0 Å². The van der Waals surface area contributed by atoms with Crippen molar-refractivity contribution >= 4 is 14.1 Å². The summed E-state index contributed by atoms with van der Waals surface area (Å²) in [5, 5.41) is 3.75. The van der Waals surface area contributed by atoms with Crippen LogP contribution in [0.15, 0.2) is 29.5 Å². The third kappa shape index (κ3) is 2.57. The van der Waals surface area contributed by atoms with Crippen LogP contribution in [0.3, 0.4) is 0 Å². The van der Waals surface area contributed by atoms with Gasteiger partial charge in [-0.1, -0.05) is 36.4 Å². The molecular formula is C9H12BNO. The first-order chi connectivity index (χ1) is 5.77. The summed E-state index contributed by atoms with van der Waals surface area (Å²) < 4.78 is 0. The molecule has 0 fully saturated rings. The molecule has 0 unspecified atom stereocenters. The van der Waals surface area contributed by atoms with Crippen molar-refractivity contribution in [2.24, 2.45) is 10.6 Å². The summed E-state index contributed by atoms with van der Waals surface area (Å²) in [7, 11) is 5.12. The van der Waals surface area contributed by atoms with Gasteiger partial charge in [0, 0.05) is 5.41 Å². The van der Waals surface area contributed by atoms with Crippen molar-refractivity contribution in [3.63, 3.8) is 0 Å². The fourth-order valence-electron chi connectivity index (χ4n) is 1.04. The van der Waals surface area contributed by atoms with E-state index in [9.17, 15) is 0 Å². The SMILES string of the molecule is [B]CON=C[C@@]1(C)C=CC=CC1. The first-order valence-corrected chi connectivity index (χ1v) is 3.98. The van der Waals surface area contributed by atoms with Crippen LogP contribution in [-0.2, 0) is 4.84 Å². The normalized spacial score (nSPS) is 28.1. The third-order valence-electron chi connectivity index (χ3n) is 1.78. The zero-order valence-electron chi connectivity index (χ0n) is 7.23. The molecule has 0 aromatic rings. The van der Waals surface area contributed by atoms with E-state index in [1.54, 1.807) is 6.21 Å². The standard InChI is InChI=1S/C9H12BNO/c1-9(7-11-12-8-10)5-3-2-4-6-9/h2-5,7H,6,8H2,1H3/t9-/m0/s1. The number of rotatable bonds is 3. The molecule has 0 bridgehead atoms. The van der Waals surface area contributed by atoms with Crippen LogP contribution in [0.25, 0.3) is 0 Å². The number of allylic oxidation sites excluding steroid dienone is 4. The van der Waals surface area contributed by atoms with E-state index in [4.69, 9.17) is 12.7 Å². The molecular weight excluding hydrogens is 149 g/mol. The molecule has 0 amide bonds. The van der Waals surface area contributed by atoms with Gasteiger partial charge >= 0.3 is 0 Å². The Balaban J connectivity index is 2.49. The minimum Gasteiger partial charge on any atom is -0.406 e. The van der Waals surface area contributed by atoms with Crippen LogP contribution in [0.2, 0.25) is 0 Å². The molecule has 1 atom stereocenters. The second-order valence-corrected chi connectivity index (χ2v) is 3.03. The van der Waals surface area contributed by atoms with Crippen LogP contribution in [-0.4, -0.2) is 20.6 Å². The second-order valence-electron chi connectivity index (χ2n) is 3.03. The molecule has 1 aliphatic rings. The van der Waals surface area contributed by atoms with Crippen LogP contribution in [0, 0.1) is 5.41 Å². The van der Waals surface area contributed by atoms with Crippen LogP contribution < -0.4 is 0 Å². The van der Waals surface area contributed by atoms with Gasteiger partial charge in [-0.15, -0.1) is 0 Å².